The van der Waals surface area contributed by atoms with Crippen molar-refractivity contribution >= 4 is 54.8 Å². The van der Waals surface area contributed by atoms with Crippen LogP contribution in [0.3, 0.4) is 0 Å². The highest BCUT2D eigenvalue weighted by Crippen LogP contribution is 2.30. The normalized spacial score (nSPS) is 13.9. The molecule has 6 heteroatoms. The van der Waals surface area contributed by atoms with Gasteiger partial charge in [0.2, 0.25) is 5.91 Å². The highest BCUT2D eigenvalue weighted by Gasteiger charge is 2.21. The van der Waals surface area contributed by atoms with E-state index < -0.39 is 0 Å². The second-order valence-electron chi connectivity index (χ2n) is 4.88. The first kappa shape index (κ1) is 15.1. The van der Waals surface area contributed by atoms with E-state index in [1.807, 2.05) is 23.1 Å². The number of amides is 1. The van der Waals surface area contributed by atoms with Crippen LogP contribution in [0.2, 0.25) is 0 Å². The lowest BCUT2D eigenvalue weighted by atomic mass is 10.1. The molecule has 0 atom stereocenters. The summed E-state index contributed by atoms with van der Waals surface area (Å²) in [6.07, 6.45) is 0.970. The Morgan fingerprint density at radius 2 is 2.05 bits per heavy atom. The first-order valence-electron chi connectivity index (χ1n) is 6.66. The number of halogens is 2. The van der Waals surface area contributed by atoms with Gasteiger partial charge in [-0.15, -0.1) is 11.3 Å². The van der Waals surface area contributed by atoms with Crippen LogP contribution in [0.1, 0.15) is 10.4 Å². The summed E-state index contributed by atoms with van der Waals surface area (Å²) in [4.78, 5) is 15.7. The number of rotatable bonds is 3. The molecule has 0 unspecified atom stereocenters. The molecule has 21 heavy (non-hydrogen) atoms. The summed E-state index contributed by atoms with van der Waals surface area (Å²) >= 11 is 8.77. The molecule has 3 nitrogen and oxygen atoms in total. The number of thiophene rings is 1. The Morgan fingerprint density at radius 3 is 2.81 bits per heavy atom. The molecule has 1 aromatic carbocycles. The Kier molecular flexibility index (Phi) is 4.66. The highest BCUT2D eigenvalue weighted by molar-refractivity contribution is 9.11. The van der Waals surface area contributed by atoms with Crippen molar-refractivity contribution in [3.05, 3.63) is 49.0 Å². The molecular weight excluding hydrogens is 416 g/mol. The molecule has 2 heterocycles. The van der Waals surface area contributed by atoms with Crippen molar-refractivity contribution in [3.63, 3.8) is 0 Å². The molecule has 0 radical (unpaired) electrons. The van der Waals surface area contributed by atoms with E-state index in [4.69, 9.17) is 0 Å². The van der Waals surface area contributed by atoms with Crippen molar-refractivity contribution in [1.29, 1.82) is 0 Å². The van der Waals surface area contributed by atoms with Crippen molar-refractivity contribution < 1.29 is 4.79 Å². The summed E-state index contributed by atoms with van der Waals surface area (Å²) in [5, 5.41) is 5.32. The second-order valence-corrected chi connectivity index (χ2v) is 7.59. The summed E-state index contributed by atoms with van der Waals surface area (Å²) in [7, 11) is 0. The van der Waals surface area contributed by atoms with Crippen molar-refractivity contribution in [1.82, 2.24) is 4.90 Å². The molecule has 1 amide bonds. The number of carbonyl (C=O) groups excluding carboxylic acids is 1. The zero-order chi connectivity index (χ0) is 14.8. The first-order chi connectivity index (χ1) is 10.1. The molecule has 1 aliphatic heterocycles. The van der Waals surface area contributed by atoms with Crippen LogP contribution in [-0.2, 0) is 17.8 Å². The quantitative estimate of drug-likeness (QED) is 0.789. The third-order valence-electron chi connectivity index (χ3n) is 3.54. The standard InChI is InChI=1S/C15H14Br2N2OS/c16-11-2-1-3-12(17)15(11)18-8-14(20)19-6-4-13-10(9-19)5-7-21-13/h1-3,5,7,18H,4,6,8-9H2. The largest absolute Gasteiger partial charge is 0.374 e. The van der Waals surface area contributed by atoms with E-state index in [0.29, 0.717) is 6.54 Å². The summed E-state index contributed by atoms with van der Waals surface area (Å²) in [6.45, 7) is 1.85. The van der Waals surface area contributed by atoms with Crippen LogP contribution >= 0.6 is 43.2 Å². The smallest absolute Gasteiger partial charge is 0.242 e. The van der Waals surface area contributed by atoms with E-state index in [1.54, 1.807) is 11.3 Å². The fourth-order valence-corrected chi connectivity index (χ4v) is 4.57. The summed E-state index contributed by atoms with van der Waals surface area (Å²) in [5.74, 6) is 0.134. The minimum absolute atomic E-state index is 0.134. The lowest BCUT2D eigenvalue weighted by molar-refractivity contribution is -0.130. The number of hydrogen-bond donors (Lipinski definition) is 1. The maximum absolute atomic E-state index is 12.4. The van der Waals surface area contributed by atoms with Gasteiger partial charge in [0.25, 0.3) is 0 Å². The van der Waals surface area contributed by atoms with E-state index >= 15 is 0 Å². The number of nitrogens with one attached hydrogen (secondary N) is 1. The first-order valence-corrected chi connectivity index (χ1v) is 9.12. The fraction of sp³-hybridized carbons (Fsp3) is 0.267. The van der Waals surface area contributed by atoms with E-state index in [9.17, 15) is 4.79 Å². The zero-order valence-electron chi connectivity index (χ0n) is 11.2. The van der Waals surface area contributed by atoms with E-state index in [2.05, 4.69) is 48.6 Å². The molecule has 2 aromatic rings. The molecule has 1 N–H and O–H groups in total. The topological polar surface area (TPSA) is 32.3 Å². The number of benzene rings is 1. The molecular formula is C15H14Br2N2OS. The maximum atomic E-state index is 12.4. The molecule has 0 spiro atoms. The van der Waals surface area contributed by atoms with Gasteiger partial charge in [0.05, 0.1) is 12.2 Å². The SMILES string of the molecule is O=C(CNc1c(Br)cccc1Br)N1CCc2sccc2C1. The Morgan fingerprint density at radius 1 is 1.29 bits per heavy atom. The molecule has 0 aliphatic carbocycles. The van der Waals surface area contributed by atoms with Crippen LogP contribution in [0.15, 0.2) is 38.6 Å². The molecule has 1 aromatic heterocycles. The lowest BCUT2D eigenvalue weighted by Gasteiger charge is -2.27. The third-order valence-corrected chi connectivity index (χ3v) is 5.88. The predicted octanol–water partition coefficient (Wildman–Crippen LogP) is 4.27. The molecule has 0 fully saturated rings. The number of carbonyl (C=O) groups is 1. The molecule has 0 saturated carbocycles. The number of nitrogens with zero attached hydrogens (tertiary/aromatic N) is 1. The second kappa shape index (κ2) is 6.50. The number of anilines is 1. The average Bonchev–Trinajstić information content (AvgIpc) is 2.93. The fourth-order valence-electron chi connectivity index (χ4n) is 2.40. The third kappa shape index (κ3) is 3.33. The van der Waals surface area contributed by atoms with Gasteiger partial charge in [0.1, 0.15) is 0 Å². The van der Waals surface area contributed by atoms with Gasteiger partial charge in [-0.25, -0.2) is 0 Å². The van der Waals surface area contributed by atoms with E-state index in [0.717, 1.165) is 34.1 Å². The van der Waals surface area contributed by atoms with Crippen molar-refractivity contribution in [2.75, 3.05) is 18.4 Å². The van der Waals surface area contributed by atoms with Crippen LogP contribution in [-0.4, -0.2) is 23.9 Å². The van der Waals surface area contributed by atoms with Crippen LogP contribution in [0, 0.1) is 0 Å². The molecule has 0 bridgehead atoms. The highest BCUT2D eigenvalue weighted by atomic mass is 79.9. The van der Waals surface area contributed by atoms with Crippen molar-refractivity contribution in [2.24, 2.45) is 0 Å². The monoisotopic (exact) mass is 428 g/mol. The maximum Gasteiger partial charge on any atom is 0.242 e. The Balaban J connectivity index is 1.63. The summed E-state index contributed by atoms with van der Waals surface area (Å²) < 4.78 is 1.90. The van der Waals surface area contributed by atoms with Gasteiger partial charge in [-0.05, 0) is 67.4 Å². The van der Waals surface area contributed by atoms with Crippen molar-refractivity contribution in [3.8, 4) is 0 Å². The Hall–Kier alpha value is -0.850. The Bertz CT molecular complexity index is 651. The van der Waals surface area contributed by atoms with Crippen LogP contribution in [0.25, 0.3) is 0 Å². The van der Waals surface area contributed by atoms with Gasteiger partial charge in [-0.2, -0.15) is 0 Å². The van der Waals surface area contributed by atoms with Crippen LogP contribution < -0.4 is 5.32 Å². The molecule has 110 valence electrons. The molecule has 1 aliphatic rings. The van der Waals surface area contributed by atoms with Gasteiger partial charge in [-0.3, -0.25) is 4.79 Å². The summed E-state index contributed by atoms with van der Waals surface area (Å²) in [5.41, 5.74) is 2.21. The van der Waals surface area contributed by atoms with Crippen LogP contribution in [0.4, 0.5) is 5.69 Å². The molecule has 3 rings (SSSR count). The average molecular weight is 430 g/mol. The zero-order valence-corrected chi connectivity index (χ0v) is 15.2. The number of hydrogen-bond acceptors (Lipinski definition) is 3. The summed E-state index contributed by atoms with van der Waals surface area (Å²) in [6, 6.07) is 7.98. The predicted molar refractivity (Wildman–Crippen MR) is 93.8 cm³/mol. The number of fused-ring (bicyclic) bond motifs is 1. The lowest BCUT2D eigenvalue weighted by Crippen LogP contribution is -2.38. The van der Waals surface area contributed by atoms with Gasteiger partial charge in [0.15, 0.2) is 0 Å². The minimum atomic E-state index is 0.134. The van der Waals surface area contributed by atoms with E-state index in [-0.39, 0.29) is 5.91 Å². The van der Waals surface area contributed by atoms with Gasteiger partial charge in [-0.1, -0.05) is 6.07 Å². The van der Waals surface area contributed by atoms with Gasteiger partial charge in [0, 0.05) is 26.9 Å². The van der Waals surface area contributed by atoms with E-state index in [1.165, 1.54) is 10.4 Å². The van der Waals surface area contributed by atoms with Crippen molar-refractivity contribution in [2.45, 2.75) is 13.0 Å². The number of para-hydroxylation sites is 1. The Labute approximate surface area is 144 Å². The van der Waals surface area contributed by atoms with Gasteiger partial charge < -0.3 is 10.2 Å². The van der Waals surface area contributed by atoms with Gasteiger partial charge >= 0.3 is 0 Å². The minimum Gasteiger partial charge on any atom is -0.374 e. The van der Waals surface area contributed by atoms with Crippen LogP contribution in [0.5, 0.6) is 0 Å². The molecule has 0 saturated heterocycles.